The van der Waals surface area contributed by atoms with E-state index < -0.39 is 5.97 Å². The van der Waals surface area contributed by atoms with Crippen LogP contribution in [0, 0.1) is 11.3 Å². The summed E-state index contributed by atoms with van der Waals surface area (Å²) in [5, 5.41) is 12.4. The molecule has 1 aromatic heterocycles. The topological polar surface area (TPSA) is 75.0 Å². The summed E-state index contributed by atoms with van der Waals surface area (Å²) >= 11 is 4.56. The number of thiazole rings is 1. The van der Waals surface area contributed by atoms with Crippen LogP contribution in [0.5, 0.6) is 0 Å². The van der Waals surface area contributed by atoms with E-state index in [1.165, 1.54) is 24.6 Å². The van der Waals surface area contributed by atoms with E-state index >= 15 is 0 Å². The number of anilines is 2. The Labute approximate surface area is 122 Å². The molecule has 0 unspecified atom stereocenters. The lowest BCUT2D eigenvalue weighted by molar-refractivity contribution is 0.0606. The van der Waals surface area contributed by atoms with Crippen LogP contribution in [0.2, 0.25) is 0 Å². The van der Waals surface area contributed by atoms with Gasteiger partial charge < -0.3 is 10.1 Å². The second-order valence-electron chi connectivity index (χ2n) is 3.45. The van der Waals surface area contributed by atoms with Gasteiger partial charge in [-0.1, -0.05) is 11.3 Å². The van der Waals surface area contributed by atoms with Crippen LogP contribution < -0.4 is 5.32 Å². The Morgan fingerprint density at radius 1 is 1.58 bits per heavy atom. The Hall–Kier alpha value is -1.91. The van der Waals surface area contributed by atoms with Crippen molar-refractivity contribution in [3.8, 4) is 6.07 Å². The van der Waals surface area contributed by atoms with Gasteiger partial charge in [-0.2, -0.15) is 5.26 Å². The molecular weight excluding hydrogens is 330 g/mol. The first-order valence-corrected chi connectivity index (χ1v) is 6.76. The van der Waals surface area contributed by atoms with E-state index in [1.54, 1.807) is 18.2 Å². The maximum atomic E-state index is 11.3. The highest BCUT2D eigenvalue weighted by Gasteiger charge is 2.11. The Bertz CT molecular complexity index is 663. The van der Waals surface area contributed by atoms with Gasteiger partial charge >= 0.3 is 5.97 Å². The number of esters is 1. The predicted octanol–water partition coefficient (Wildman–Crippen LogP) is 3.31. The normalized spacial score (nSPS) is 9.74. The van der Waals surface area contributed by atoms with E-state index in [9.17, 15) is 4.79 Å². The second-order valence-corrected chi connectivity index (χ2v) is 5.34. The number of nitrogens with zero attached hydrogens (tertiary/aromatic N) is 2. The molecule has 0 radical (unpaired) electrons. The lowest BCUT2D eigenvalue weighted by Crippen LogP contribution is -1.96. The van der Waals surface area contributed by atoms with E-state index in [1.807, 2.05) is 0 Å². The first-order chi connectivity index (χ1) is 9.13. The molecule has 0 saturated carbocycles. The van der Waals surface area contributed by atoms with E-state index in [2.05, 4.69) is 37.0 Å². The Morgan fingerprint density at radius 3 is 3.00 bits per heavy atom. The van der Waals surface area contributed by atoms with Gasteiger partial charge in [-0.05, 0) is 34.1 Å². The van der Waals surface area contributed by atoms with Gasteiger partial charge in [0.25, 0.3) is 0 Å². The maximum Gasteiger partial charge on any atom is 0.349 e. The van der Waals surface area contributed by atoms with Crippen LogP contribution >= 0.6 is 27.3 Å². The molecule has 19 heavy (non-hydrogen) atoms. The fourth-order valence-corrected chi connectivity index (χ4v) is 2.55. The molecule has 7 heteroatoms. The van der Waals surface area contributed by atoms with Crippen molar-refractivity contribution >= 4 is 44.1 Å². The molecule has 0 amide bonds. The van der Waals surface area contributed by atoms with Crippen LogP contribution in [0.25, 0.3) is 0 Å². The summed E-state index contributed by atoms with van der Waals surface area (Å²) in [5.41, 5.74) is 1.33. The largest absolute Gasteiger partial charge is 0.465 e. The van der Waals surface area contributed by atoms with Crippen LogP contribution in [-0.4, -0.2) is 18.1 Å². The molecule has 1 aromatic carbocycles. The van der Waals surface area contributed by atoms with Crippen LogP contribution in [-0.2, 0) is 4.74 Å². The van der Waals surface area contributed by atoms with Crippen molar-refractivity contribution in [3.63, 3.8) is 0 Å². The number of nitrogens with one attached hydrogen (secondary N) is 1. The number of aromatic nitrogens is 1. The minimum atomic E-state index is -0.413. The van der Waals surface area contributed by atoms with Crippen molar-refractivity contribution in [1.82, 2.24) is 4.98 Å². The number of nitriles is 1. The van der Waals surface area contributed by atoms with E-state index in [-0.39, 0.29) is 0 Å². The molecule has 2 aromatic rings. The van der Waals surface area contributed by atoms with Crippen molar-refractivity contribution in [2.45, 2.75) is 0 Å². The fraction of sp³-hybridized carbons (Fsp3) is 0.0833. The van der Waals surface area contributed by atoms with Gasteiger partial charge in [0, 0.05) is 4.47 Å². The number of hydrogen-bond acceptors (Lipinski definition) is 6. The third kappa shape index (κ3) is 3.10. The molecule has 0 aliphatic carbocycles. The summed E-state index contributed by atoms with van der Waals surface area (Å²) in [4.78, 5) is 15.8. The number of benzene rings is 1. The monoisotopic (exact) mass is 337 g/mol. The highest BCUT2D eigenvalue weighted by Crippen LogP contribution is 2.29. The molecule has 0 bridgehead atoms. The van der Waals surface area contributed by atoms with Gasteiger partial charge in [0.2, 0.25) is 0 Å². The minimum absolute atomic E-state index is 0.413. The molecule has 0 saturated heterocycles. The Kier molecular flexibility index (Phi) is 4.14. The van der Waals surface area contributed by atoms with Gasteiger partial charge in [0.15, 0.2) is 5.13 Å². The summed E-state index contributed by atoms with van der Waals surface area (Å²) in [7, 11) is 1.33. The number of carbonyl (C=O) groups is 1. The van der Waals surface area contributed by atoms with Gasteiger partial charge in [-0.3, -0.25) is 0 Å². The maximum absolute atomic E-state index is 11.3. The Balaban J connectivity index is 2.20. The fourth-order valence-electron chi connectivity index (χ4n) is 1.33. The zero-order valence-electron chi connectivity index (χ0n) is 9.81. The third-order valence-electron chi connectivity index (χ3n) is 2.23. The lowest BCUT2D eigenvalue weighted by Gasteiger charge is -2.05. The number of halogens is 1. The number of hydrogen-bond donors (Lipinski definition) is 1. The summed E-state index contributed by atoms with van der Waals surface area (Å²) in [5.74, 6) is -0.413. The van der Waals surface area contributed by atoms with Gasteiger partial charge in [-0.25, -0.2) is 9.78 Å². The summed E-state index contributed by atoms with van der Waals surface area (Å²) in [6.45, 7) is 0. The zero-order chi connectivity index (χ0) is 13.8. The Morgan fingerprint density at radius 2 is 2.37 bits per heavy atom. The van der Waals surface area contributed by atoms with Crippen LogP contribution in [0.3, 0.4) is 0 Å². The van der Waals surface area contributed by atoms with Gasteiger partial charge in [-0.15, -0.1) is 0 Å². The van der Waals surface area contributed by atoms with Crippen LogP contribution in [0.1, 0.15) is 15.2 Å². The molecule has 5 nitrogen and oxygen atoms in total. The van der Waals surface area contributed by atoms with E-state index in [0.717, 1.165) is 10.2 Å². The molecule has 0 aliphatic heterocycles. The molecule has 1 heterocycles. The SMILES string of the molecule is COC(=O)c1cnc(Nc2ccc(C#N)cc2Br)s1. The quantitative estimate of drug-likeness (QED) is 0.869. The van der Waals surface area contributed by atoms with Crippen molar-refractivity contribution in [1.29, 1.82) is 5.26 Å². The molecule has 0 fully saturated rings. The number of carbonyl (C=O) groups excluding carboxylic acids is 1. The van der Waals surface area contributed by atoms with Gasteiger partial charge in [0.1, 0.15) is 4.88 Å². The number of ether oxygens (including phenoxy) is 1. The lowest BCUT2D eigenvalue weighted by atomic mass is 10.2. The first-order valence-electron chi connectivity index (χ1n) is 5.15. The zero-order valence-corrected chi connectivity index (χ0v) is 12.2. The molecule has 2 rings (SSSR count). The summed E-state index contributed by atoms with van der Waals surface area (Å²) in [6, 6.07) is 7.22. The van der Waals surface area contributed by atoms with Crippen molar-refractivity contribution in [2.75, 3.05) is 12.4 Å². The summed E-state index contributed by atoms with van der Waals surface area (Å²) < 4.78 is 5.36. The molecule has 0 atom stereocenters. The molecule has 96 valence electrons. The van der Waals surface area contributed by atoms with Crippen LogP contribution in [0.4, 0.5) is 10.8 Å². The van der Waals surface area contributed by atoms with Crippen molar-refractivity contribution in [2.24, 2.45) is 0 Å². The van der Waals surface area contributed by atoms with Crippen molar-refractivity contribution in [3.05, 3.63) is 39.3 Å². The smallest absolute Gasteiger partial charge is 0.349 e. The predicted molar refractivity (Wildman–Crippen MR) is 75.6 cm³/mol. The minimum Gasteiger partial charge on any atom is -0.465 e. The standard InChI is InChI=1S/C12H8BrN3O2S/c1-18-11(17)10-6-15-12(19-10)16-9-3-2-7(5-14)4-8(9)13/h2-4,6H,1H3,(H,15,16). The molecular formula is C12H8BrN3O2S. The van der Waals surface area contributed by atoms with E-state index in [0.29, 0.717) is 15.6 Å². The second kappa shape index (κ2) is 5.82. The van der Waals surface area contributed by atoms with E-state index in [4.69, 9.17) is 5.26 Å². The first kappa shape index (κ1) is 13.5. The molecule has 1 N–H and O–H groups in total. The average Bonchev–Trinajstić information content (AvgIpc) is 2.88. The van der Waals surface area contributed by atoms with Crippen LogP contribution in [0.15, 0.2) is 28.9 Å². The number of rotatable bonds is 3. The highest BCUT2D eigenvalue weighted by molar-refractivity contribution is 9.10. The summed E-state index contributed by atoms with van der Waals surface area (Å²) in [6.07, 6.45) is 1.45. The highest BCUT2D eigenvalue weighted by atomic mass is 79.9. The average molecular weight is 338 g/mol. The molecule has 0 spiro atoms. The third-order valence-corrected chi connectivity index (χ3v) is 3.78. The molecule has 0 aliphatic rings. The van der Waals surface area contributed by atoms with Gasteiger partial charge in [0.05, 0.1) is 30.6 Å². The van der Waals surface area contributed by atoms with Crippen molar-refractivity contribution < 1.29 is 9.53 Å². The number of methoxy groups -OCH3 is 1.